The molecule has 0 aliphatic heterocycles. The van der Waals surface area contributed by atoms with Gasteiger partial charge in [0, 0.05) is 6.54 Å². The first-order valence-corrected chi connectivity index (χ1v) is 7.04. The lowest BCUT2D eigenvalue weighted by Gasteiger charge is -2.07. The Morgan fingerprint density at radius 3 is 2.76 bits per heavy atom. The summed E-state index contributed by atoms with van der Waals surface area (Å²) in [6.45, 7) is 6.02. The fourth-order valence-electron chi connectivity index (χ4n) is 1.23. The fraction of sp³-hybridized carbons (Fsp3) is 0.364. The van der Waals surface area contributed by atoms with Crippen LogP contribution < -0.4 is 10.0 Å². The molecular weight excluding hydrogens is 238 g/mol. The van der Waals surface area contributed by atoms with E-state index < -0.39 is 10.0 Å². The smallest absolute Gasteiger partial charge is 0.232 e. The van der Waals surface area contributed by atoms with Gasteiger partial charge < -0.3 is 5.32 Å². The first-order chi connectivity index (χ1) is 8.07. The molecule has 2 N–H and O–H groups in total. The highest BCUT2D eigenvalue weighted by molar-refractivity contribution is 7.92. The summed E-state index contributed by atoms with van der Waals surface area (Å²) in [5.74, 6) is 0.798. The SMILES string of the molecule is C=CCNc1ccc(NS(=O)(=O)CCC)cn1. The summed E-state index contributed by atoms with van der Waals surface area (Å²) in [5.41, 5.74) is 0.475. The van der Waals surface area contributed by atoms with E-state index in [0.29, 0.717) is 24.5 Å². The van der Waals surface area contributed by atoms with Gasteiger partial charge in [-0.1, -0.05) is 13.0 Å². The fourth-order valence-corrected chi connectivity index (χ4v) is 2.35. The molecule has 0 unspecified atom stereocenters. The first kappa shape index (κ1) is 13.5. The molecule has 0 aliphatic carbocycles. The van der Waals surface area contributed by atoms with Crippen LogP contribution in [0.1, 0.15) is 13.3 Å². The molecule has 0 fully saturated rings. The highest BCUT2D eigenvalue weighted by Crippen LogP contribution is 2.11. The lowest BCUT2D eigenvalue weighted by molar-refractivity contribution is 0.600. The molecular formula is C11H17N3O2S. The Labute approximate surface area is 102 Å². The van der Waals surface area contributed by atoms with Gasteiger partial charge in [-0.05, 0) is 18.6 Å². The maximum atomic E-state index is 11.5. The molecule has 1 aromatic heterocycles. The third-order valence-electron chi connectivity index (χ3n) is 1.94. The van der Waals surface area contributed by atoms with Crippen LogP contribution in [0, 0.1) is 0 Å². The lowest BCUT2D eigenvalue weighted by atomic mass is 10.4. The quantitative estimate of drug-likeness (QED) is 0.729. The van der Waals surface area contributed by atoms with Crippen LogP contribution in [-0.4, -0.2) is 25.7 Å². The predicted molar refractivity (Wildman–Crippen MR) is 70.6 cm³/mol. The third kappa shape index (κ3) is 4.86. The van der Waals surface area contributed by atoms with Crippen molar-refractivity contribution < 1.29 is 8.42 Å². The molecule has 0 saturated heterocycles. The van der Waals surface area contributed by atoms with E-state index in [2.05, 4.69) is 21.6 Å². The largest absolute Gasteiger partial charge is 0.367 e. The predicted octanol–water partition coefficient (Wildman–Crippen LogP) is 1.83. The topological polar surface area (TPSA) is 71.1 Å². The molecule has 94 valence electrons. The summed E-state index contributed by atoms with van der Waals surface area (Å²) in [5, 5.41) is 3.00. The molecule has 0 atom stereocenters. The lowest BCUT2D eigenvalue weighted by Crippen LogP contribution is -2.16. The summed E-state index contributed by atoms with van der Waals surface area (Å²) in [4.78, 5) is 4.07. The van der Waals surface area contributed by atoms with E-state index in [1.165, 1.54) is 6.20 Å². The van der Waals surface area contributed by atoms with Crippen molar-refractivity contribution in [3.63, 3.8) is 0 Å². The average Bonchev–Trinajstić information content (AvgIpc) is 2.27. The van der Waals surface area contributed by atoms with E-state index in [4.69, 9.17) is 0 Å². The van der Waals surface area contributed by atoms with E-state index in [1.54, 1.807) is 18.2 Å². The maximum absolute atomic E-state index is 11.5. The van der Waals surface area contributed by atoms with Gasteiger partial charge in [-0.15, -0.1) is 6.58 Å². The summed E-state index contributed by atoms with van der Waals surface area (Å²) in [6, 6.07) is 3.39. The second-order valence-electron chi connectivity index (χ2n) is 3.52. The molecule has 5 nitrogen and oxygen atoms in total. The van der Waals surface area contributed by atoms with Crippen LogP contribution in [0.3, 0.4) is 0 Å². The van der Waals surface area contributed by atoms with Gasteiger partial charge in [-0.2, -0.15) is 0 Å². The number of hydrogen-bond donors (Lipinski definition) is 2. The standard InChI is InChI=1S/C11H17N3O2S/c1-3-7-12-11-6-5-10(9-13-11)14-17(15,16)8-4-2/h3,5-6,9,14H,1,4,7-8H2,2H3,(H,12,13). The van der Waals surface area contributed by atoms with E-state index in [9.17, 15) is 8.42 Å². The average molecular weight is 255 g/mol. The maximum Gasteiger partial charge on any atom is 0.232 e. The van der Waals surface area contributed by atoms with E-state index in [1.807, 2.05) is 6.92 Å². The van der Waals surface area contributed by atoms with Crippen LogP contribution in [0.25, 0.3) is 0 Å². The molecule has 0 aromatic carbocycles. The monoisotopic (exact) mass is 255 g/mol. The van der Waals surface area contributed by atoms with Crippen molar-refractivity contribution in [2.75, 3.05) is 22.3 Å². The minimum Gasteiger partial charge on any atom is -0.367 e. The molecule has 1 heterocycles. The van der Waals surface area contributed by atoms with Gasteiger partial charge in [-0.25, -0.2) is 13.4 Å². The van der Waals surface area contributed by atoms with Crippen LogP contribution in [0.15, 0.2) is 31.0 Å². The van der Waals surface area contributed by atoms with Gasteiger partial charge in [0.05, 0.1) is 17.6 Å². The molecule has 17 heavy (non-hydrogen) atoms. The molecule has 0 saturated carbocycles. The Kier molecular flexibility index (Phi) is 4.96. The second kappa shape index (κ2) is 6.24. The number of nitrogens with one attached hydrogen (secondary N) is 2. The van der Waals surface area contributed by atoms with E-state index in [0.717, 1.165) is 0 Å². The summed E-state index contributed by atoms with van der Waals surface area (Å²) in [6.07, 6.45) is 3.79. The molecule has 0 bridgehead atoms. The highest BCUT2D eigenvalue weighted by atomic mass is 32.2. The van der Waals surface area contributed by atoms with Crippen LogP contribution in [0.2, 0.25) is 0 Å². The molecule has 1 rings (SSSR count). The van der Waals surface area contributed by atoms with Gasteiger partial charge in [0.25, 0.3) is 0 Å². The van der Waals surface area contributed by atoms with Crippen LogP contribution in [0.4, 0.5) is 11.5 Å². The second-order valence-corrected chi connectivity index (χ2v) is 5.36. The summed E-state index contributed by atoms with van der Waals surface area (Å²) in [7, 11) is -3.24. The molecule has 0 aliphatic rings. The molecule has 0 radical (unpaired) electrons. The van der Waals surface area contributed by atoms with Crippen LogP contribution in [-0.2, 0) is 10.0 Å². The first-order valence-electron chi connectivity index (χ1n) is 5.38. The van der Waals surface area contributed by atoms with Crippen LogP contribution >= 0.6 is 0 Å². The summed E-state index contributed by atoms with van der Waals surface area (Å²) >= 11 is 0. The third-order valence-corrected chi connectivity index (χ3v) is 3.43. The minimum absolute atomic E-state index is 0.115. The Balaban J connectivity index is 2.65. The van der Waals surface area contributed by atoms with Gasteiger partial charge in [-0.3, -0.25) is 4.72 Å². The van der Waals surface area contributed by atoms with Crippen molar-refractivity contribution in [3.05, 3.63) is 31.0 Å². The number of pyridine rings is 1. The molecule has 6 heteroatoms. The van der Waals surface area contributed by atoms with Gasteiger partial charge in [0.2, 0.25) is 10.0 Å². The zero-order chi connectivity index (χ0) is 12.7. The van der Waals surface area contributed by atoms with Crippen LogP contribution in [0.5, 0.6) is 0 Å². The van der Waals surface area contributed by atoms with E-state index >= 15 is 0 Å². The number of aromatic nitrogens is 1. The molecule has 0 amide bonds. The molecule has 0 spiro atoms. The van der Waals surface area contributed by atoms with E-state index in [-0.39, 0.29) is 5.75 Å². The number of anilines is 2. The van der Waals surface area contributed by atoms with Crippen molar-refractivity contribution >= 4 is 21.5 Å². The Hall–Kier alpha value is -1.56. The van der Waals surface area contributed by atoms with Gasteiger partial charge in [0.1, 0.15) is 5.82 Å². The van der Waals surface area contributed by atoms with Crippen molar-refractivity contribution in [1.29, 1.82) is 0 Å². The van der Waals surface area contributed by atoms with Gasteiger partial charge >= 0.3 is 0 Å². The number of sulfonamides is 1. The number of rotatable bonds is 7. The molecule has 1 aromatic rings. The summed E-state index contributed by atoms with van der Waals surface area (Å²) < 4.78 is 25.4. The number of nitrogens with zero attached hydrogens (tertiary/aromatic N) is 1. The Morgan fingerprint density at radius 2 is 2.24 bits per heavy atom. The number of hydrogen-bond acceptors (Lipinski definition) is 4. The zero-order valence-electron chi connectivity index (χ0n) is 9.81. The minimum atomic E-state index is -3.24. The van der Waals surface area contributed by atoms with Gasteiger partial charge in [0.15, 0.2) is 0 Å². The highest BCUT2D eigenvalue weighted by Gasteiger charge is 2.08. The zero-order valence-corrected chi connectivity index (χ0v) is 10.6. The van der Waals surface area contributed by atoms with Crippen molar-refractivity contribution in [3.8, 4) is 0 Å². The Morgan fingerprint density at radius 1 is 1.47 bits per heavy atom. The van der Waals surface area contributed by atoms with Crippen molar-refractivity contribution in [1.82, 2.24) is 4.98 Å². The Bertz CT molecular complexity index is 454. The van der Waals surface area contributed by atoms with Crippen molar-refractivity contribution in [2.45, 2.75) is 13.3 Å². The normalized spacial score (nSPS) is 10.9. The van der Waals surface area contributed by atoms with Crippen molar-refractivity contribution in [2.24, 2.45) is 0 Å².